The number of para-hydroxylation sites is 1. The van der Waals surface area contributed by atoms with Crippen LogP contribution in [0.15, 0.2) is 46.9 Å². The average Bonchev–Trinajstić information content (AvgIpc) is 2.87. The summed E-state index contributed by atoms with van der Waals surface area (Å²) in [6.45, 7) is 3.86. The molecule has 3 aromatic rings. The van der Waals surface area contributed by atoms with Crippen molar-refractivity contribution in [2.45, 2.75) is 19.9 Å². The van der Waals surface area contributed by atoms with Crippen molar-refractivity contribution in [1.29, 1.82) is 0 Å². The van der Waals surface area contributed by atoms with Crippen LogP contribution in [0.2, 0.25) is 0 Å². The number of nitrogens with one attached hydrogen (secondary N) is 1. The molecule has 3 N–H and O–H groups in total. The van der Waals surface area contributed by atoms with Crippen molar-refractivity contribution in [3.63, 3.8) is 0 Å². The van der Waals surface area contributed by atoms with Crippen molar-refractivity contribution < 1.29 is 8.81 Å². The molecule has 0 saturated carbocycles. The lowest BCUT2D eigenvalue weighted by atomic mass is 9.99. The van der Waals surface area contributed by atoms with Gasteiger partial charge in [0.15, 0.2) is 0 Å². The zero-order valence-corrected chi connectivity index (χ0v) is 12.0. The van der Waals surface area contributed by atoms with E-state index in [-0.39, 0.29) is 11.9 Å². The Morgan fingerprint density at radius 2 is 1.90 bits per heavy atom. The van der Waals surface area contributed by atoms with E-state index in [0.29, 0.717) is 0 Å². The normalized spacial score (nSPS) is 12.8. The van der Waals surface area contributed by atoms with Crippen LogP contribution < -0.4 is 11.3 Å². The molecule has 0 radical (unpaired) electrons. The van der Waals surface area contributed by atoms with E-state index in [1.54, 1.807) is 6.07 Å². The second-order valence-electron chi connectivity index (χ2n) is 5.24. The molecule has 108 valence electrons. The first-order valence-corrected chi connectivity index (χ1v) is 6.81. The molecule has 0 amide bonds. The maximum absolute atomic E-state index is 13.3. The third kappa shape index (κ3) is 2.44. The molecule has 0 saturated heterocycles. The minimum Gasteiger partial charge on any atom is -0.459 e. The lowest BCUT2D eigenvalue weighted by Gasteiger charge is -2.16. The Labute approximate surface area is 122 Å². The molecule has 0 bridgehead atoms. The second kappa shape index (κ2) is 5.31. The number of aryl methyl sites for hydroxylation is 2. The molecular weight excluding hydrogens is 267 g/mol. The van der Waals surface area contributed by atoms with Crippen LogP contribution in [-0.2, 0) is 0 Å². The zero-order valence-electron chi connectivity index (χ0n) is 12.0. The van der Waals surface area contributed by atoms with Gasteiger partial charge in [-0.2, -0.15) is 0 Å². The van der Waals surface area contributed by atoms with E-state index in [0.717, 1.165) is 33.4 Å². The van der Waals surface area contributed by atoms with Gasteiger partial charge in [-0.1, -0.05) is 24.3 Å². The molecule has 0 spiro atoms. The number of benzene rings is 2. The van der Waals surface area contributed by atoms with Crippen molar-refractivity contribution in [2.75, 3.05) is 0 Å². The van der Waals surface area contributed by atoms with E-state index >= 15 is 0 Å². The van der Waals surface area contributed by atoms with E-state index in [1.807, 2.05) is 38.1 Å². The van der Waals surface area contributed by atoms with E-state index < -0.39 is 0 Å². The Morgan fingerprint density at radius 3 is 2.57 bits per heavy atom. The molecule has 0 aliphatic carbocycles. The van der Waals surface area contributed by atoms with Gasteiger partial charge in [0.1, 0.15) is 23.2 Å². The predicted molar refractivity (Wildman–Crippen MR) is 81.3 cm³/mol. The molecule has 1 aromatic heterocycles. The van der Waals surface area contributed by atoms with Crippen LogP contribution in [0.4, 0.5) is 4.39 Å². The zero-order chi connectivity index (χ0) is 15.0. The number of furan rings is 1. The van der Waals surface area contributed by atoms with Crippen LogP contribution in [0, 0.1) is 19.7 Å². The average molecular weight is 284 g/mol. The summed E-state index contributed by atoms with van der Waals surface area (Å²) < 4.78 is 19.2. The fraction of sp³-hybridized carbons (Fsp3) is 0.176. The lowest BCUT2D eigenvalue weighted by Crippen LogP contribution is -2.29. The first-order valence-electron chi connectivity index (χ1n) is 6.81. The van der Waals surface area contributed by atoms with Gasteiger partial charge in [0.2, 0.25) is 0 Å². The Hall–Kier alpha value is -2.17. The van der Waals surface area contributed by atoms with Gasteiger partial charge < -0.3 is 4.42 Å². The molecule has 2 aromatic carbocycles. The molecule has 0 fully saturated rings. The predicted octanol–water partition coefficient (Wildman–Crippen LogP) is 3.74. The number of fused-ring (bicyclic) bond motifs is 1. The van der Waals surface area contributed by atoms with Gasteiger partial charge in [-0.3, -0.25) is 5.84 Å². The highest BCUT2D eigenvalue weighted by Gasteiger charge is 2.19. The molecule has 1 heterocycles. The fourth-order valence-corrected chi connectivity index (χ4v) is 2.66. The number of hydrogen-bond acceptors (Lipinski definition) is 3. The van der Waals surface area contributed by atoms with E-state index in [1.165, 1.54) is 12.1 Å². The highest BCUT2D eigenvalue weighted by molar-refractivity contribution is 5.81. The highest BCUT2D eigenvalue weighted by atomic mass is 19.1. The maximum atomic E-state index is 13.3. The van der Waals surface area contributed by atoms with Crippen molar-refractivity contribution in [1.82, 2.24) is 5.43 Å². The topological polar surface area (TPSA) is 51.2 Å². The summed E-state index contributed by atoms with van der Waals surface area (Å²) in [7, 11) is 0. The van der Waals surface area contributed by atoms with Crippen LogP contribution in [0.3, 0.4) is 0 Å². The van der Waals surface area contributed by atoms with Crippen LogP contribution in [-0.4, -0.2) is 0 Å². The highest BCUT2D eigenvalue weighted by Crippen LogP contribution is 2.31. The largest absolute Gasteiger partial charge is 0.459 e. The minimum atomic E-state index is -0.308. The molecule has 1 atom stereocenters. The third-order valence-corrected chi connectivity index (χ3v) is 3.75. The quantitative estimate of drug-likeness (QED) is 0.569. The monoisotopic (exact) mass is 284 g/mol. The summed E-state index contributed by atoms with van der Waals surface area (Å²) in [6.07, 6.45) is 0. The Bertz CT molecular complexity index is 795. The summed E-state index contributed by atoms with van der Waals surface area (Å²) in [5, 5.41) is 1.03. The van der Waals surface area contributed by atoms with E-state index in [9.17, 15) is 4.39 Å². The van der Waals surface area contributed by atoms with Crippen LogP contribution in [0.5, 0.6) is 0 Å². The SMILES string of the molecule is Cc1cc(F)ccc1C(NN)c1cc2cccc(C)c2o1. The van der Waals surface area contributed by atoms with Crippen molar-refractivity contribution in [3.8, 4) is 0 Å². The van der Waals surface area contributed by atoms with Crippen molar-refractivity contribution in [3.05, 3.63) is 70.7 Å². The first kappa shape index (κ1) is 13.8. The summed E-state index contributed by atoms with van der Waals surface area (Å²) in [5.74, 6) is 6.16. The molecular formula is C17H17FN2O. The van der Waals surface area contributed by atoms with Gasteiger partial charge >= 0.3 is 0 Å². The van der Waals surface area contributed by atoms with Crippen molar-refractivity contribution in [2.24, 2.45) is 5.84 Å². The molecule has 1 unspecified atom stereocenters. The maximum Gasteiger partial charge on any atom is 0.137 e. The van der Waals surface area contributed by atoms with E-state index in [2.05, 4.69) is 5.43 Å². The van der Waals surface area contributed by atoms with Crippen LogP contribution >= 0.6 is 0 Å². The molecule has 4 heteroatoms. The lowest BCUT2D eigenvalue weighted by molar-refractivity contribution is 0.474. The van der Waals surface area contributed by atoms with Crippen LogP contribution in [0.1, 0.15) is 28.5 Å². The van der Waals surface area contributed by atoms with Gasteiger partial charge in [-0.25, -0.2) is 9.82 Å². The fourth-order valence-electron chi connectivity index (χ4n) is 2.66. The Morgan fingerprint density at radius 1 is 1.10 bits per heavy atom. The number of hydrazine groups is 1. The number of rotatable bonds is 3. The summed E-state index contributed by atoms with van der Waals surface area (Å²) in [4.78, 5) is 0. The minimum absolute atomic E-state index is 0.257. The van der Waals surface area contributed by atoms with Gasteiger partial charge in [0.25, 0.3) is 0 Å². The van der Waals surface area contributed by atoms with Gasteiger partial charge in [-0.15, -0.1) is 0 Å². The molecule has 0 aliphatic heterocycles. The molecule has 3 rings (SSSR count). The van der Waals surface area contributed by atoms with Gasteiger partial charge in [0, 0.05) is 5.39 Å². The second-order valence-corrected chi connectivity index (χ2v) is 5.24. The first-order chi connectivity index (χ1) is 10.1. The number of hydrogen-bond donors (Lipinski definition) is 2. The summed E-state index contributed by atoms with van der Waals surface area (Å²) >= 11 is 0. The van der Waals surface area contributed by atoms with Gasteiger partial charge in [0.05, 0.1) is 0 Å². The summed E-state index contributed by atoms with van der Waals surface area (Å²) in [6, 6.07) is 12.3. The van der Waals surface area contributed by atoms with E-state index in [4.69, 9.17) is 10.3 Å². The molecule has 3 nitrogen and oxygen atoms in total. The Kier molecular flexibility index (Phi) is 3.49. The Balaban J connectivity index is 2.11. The van der Waals surface area contributed by atoms with Crippen LogP contribution in [0.25, 0.3) is 11.0 Å². The van der Waals surface area contributed by atoms with Crippen molar-refractivity contribution >= 4 is 11.0 Å². The molecule has 0 aliphatic rings. The standard InChI is InChI=1S/C17H17FN2O/c1-10-4-3-5-12-9-15(21-17(10)12)16(20-19)14-7-6-13(18)8-11(14)2/h3-9,16,20H,19H2,1-2H3. The number of halogens is 1. The third-order valence-electron chi connectivity index (χ3n) is 3.75. The number of nitrogens with two attached hydrogens (primary N) is 1. The van der Waals surface area contributed by atoms with Gasteiger partial charge in [-0.05, 0) is 48.7 Å². The summed E-state index contributed by atoms with van der Waals surface area (Å²) in [5.41, 5.74) is 6.42. The molecule has 21 heavy (non-hydrogen) atoms. The smallest absolute Gasteiger partial charge is 0.137 e.